The number of nitro benzene ring substituents is 1. The molecule has 1 aromatic carbocycles. The van der Waals surface area contributed by atoms with Crippen LogP contribution in [0.15, 0.2) is 18.2 Å². The number of carbonyl (C=O) groups excluding carboxylic acids is 1. The maximum Gasteiger partial charge on any atom is 0.273 e. The maximum absolute atomic E-state index is 12.5. The van der Waals surface area contributed by atoms with Gasteiger partial charge in [0.2, 0.25) is 0 Å². The number of nitrogens with zero attached hydrogens (tertiary/aromatic N) is 2. The van der Waals surface area contributed by atoms with Crippen LogP contribution >= 0.6 is 12.4 Å². The van der Waals surface area contributed by atoms with Gasteiger partial charge in [0.05, 0.1) is 4.92 Å². The van der Waals surface area contributed by atoms with E-state index >= 15 is 0 Å². The first-order valence-electron chi connectivity index (χ1n) is 6.72. The van der Waals surface area contributed by atoms with Crippen LogP contribution in [0.4, 0.5) is 5.69 Å². The largest absolute Gasteiger partial charge is 0.338 e. The Balaban J connectivity index is 0.00000220. The van der Waals surface area contributed by atoms with E-state index in [2.05, 4.69) is 5.32 Å². The zero-order valence-electron chi connectivity index (χ0n) is 12.2. The number of benzene rings is 1. The molecule has 1 amide bonds. The zero-order chi connectivity index (χ0) is 14.7. The Labute approximate surface area is 130 Å². The molecule has 0 aromatic heterocycles. The number of nitrogens with one attached hydrogen (secondary N) is 1. The molecule has 1 atom stereocenters. The second-order valence-corrected chi connectivity index (χ2v) is 5.17. The standard InChI is InChI=1S/C14H19N3O3.ClH/c1-10-12(4-3-5-13(10)17(19)20)14(18)16-7-6-11(9-16)8-15-2;/h3-5,11,15H,6-9H2,1-2H3;1H. The van der Waals surface area contributed by atoms with Gasteiger partial charge >= 0.3 is 0 Å². The van der Waals surface area contributed by atoms with Gasteiger partial charge in [0.1, 0.15) is 0 Å². The minimum absolute atomic E-state index is 0. The highest BCUT2D eigenvalue weighted by Crippen LogP contribution is 2.24. The lowest BCUT2D eigenvalue weighted by Crippen LogP contribution is -2.30. The van der Waals surface area contributed by atoms with Crippen molar-refractivity contribution in [3.63, 3.8) is 0 Å². The molecule has 1 aliphatic rings. The first kappa shape index (κ1) is 17.4. The number of halogens is 1. The van der Waals surface area contributed by atoms with E-state index in [1.807, 2.05) is 7.05 Å². The normalized spacial score (nSPS) is 17.4. The summed E-state index contributed by atoms with van der Waals surface area (Å²) in [4.78, 5) is 24.7. The number of rotatable bonds is 4. The smallest absolute Gasteiger partial charge is 0.273 e. The van der Waals surface area contributed by atoms with Gasteiger partial charge < -0.3 is 10.2 Å². The predicted octanol–water partition coefficient (Wildman–Crippen LogP) is 2.01. The lowest BCUT2D eigenvalue weighted by Gasteiger charge is -2.17. The highest BCUT2D eigenvalue weighted by Gasteiger charge is 2.28. The fourth-order valence-corrected chi connectivity index (χ4v) is 2.70. The highest BCUT2D eigenvalue weighted by molar-refractivity contribution is 5.96. The Morgan fingerprint density at radius 1 is 1.52 bits per heavy atom. The lowest BCUT2D eigenvalue weighted by molar-refractivity contribution is -0.385. The van der Waals surface area contributed by atoms with Gasteiger partial charge in [0.25, 0.3) is 11.6 Å². The fraction of sp³-hybridized carbons (Fsp3) is 0.500. The van der Waals surface area contributed by atoms with E-state index in [9.17, 15) is 14.9 Å². The van der Waals surface area contributed by atoms with Crippen molar-refractivity contribution in [2.75, 3.05) is 26.7 Å². The fourth-order valence-electron chi connectivity index (χ4n) is 2.70. The van der Waals surface area contributed by atoms with Crippen LogP contribution in [0.1, 0.15) is 22.3 Å². The first-order valence-corrected chi connectivity index (χ1v) is 6.72. The first-order chi connectivity index (χ1) is 9.54. The van der Waals surface area contributed by atoms with E-state index in [1.165, 1.54) is 6.07 Å². The Kier molecular flexibility index (Phi) is 6.11. The third kappa shape index (κ3) is 3.71. The topological polar surface area (TPSA) is 75.5 Å². The van der Waals surface area contributed by atoms with Crippen molar-refractivity contribution in [2.24, 2.45) is 5.92 Å². The SMILES string of the molecule is CNCC1CCN(C(=O)c2cccc([N+](=O)[O-])c2C)C1.Cl. The number of likely N-dealkylation sites (tertiary alicyclic amines) is 1. The molecule has 1 aliphatic heterocycles. The average molecular weight is 314 g/mol. The van der Waals surface area contributed by atoms with E-state index in [0.717, 1.165) is 13.0 Å². The quantitative estimate of drug-likeness (QED) is 0.681. The van der Waals surface area contributed by atoms with Gasteiger partial charge in [0, 0.05) is 30.3 Å². The molecule has 116 valence electrons. The summed E-state index contributed by atoms with van der Waals surface area (Å²) in [6.45, 7) is 3.94. The van der Waals surface area contributed by atoms with Gasteiger partial charge in [-0.15, -0.1) is 12.4 Å². The van der Waals surface area contributed by atoms with Crippen LogP contribution in [-0.2, 0) is 0 Å². The number of hydrogen-bond acceptors (Lipinski definition) is 4. The molecule has 1 fully saturated rings. The number of carbonyl (C=O) groups is 1. The molecule has 1 N–H and O–H groups in total. The Morgan fingerprint density at radius 3 is 2.86 bits per heavy atom. The van der Waals surface area contributed by atoms with Gasteiger partial charge in [-0.1, -0.05) is 6.07 Å². The Hall–Kier alpha value is -1.66. The van der Waals surface area contributed by atoms with Crippen molar-refractivity contribution in [2.45, 2.75) is 13.3 Å². The number of hydrogen-bond donors (Lipinski definition) is 1. The number of amides is 1. The minimum Gasteiger partial charge on any atom is -0.338 e. The van der Waals surface area contributed by atoms with Crippen LogP contribution in [0.3, 0.4) is 0 Å². The second-order valence-electron chi connectivity index (χ2n) is 5.17. The Morgan fingerprint density at radius 2 is 2.24 bits per heavy atom. The molecule has 1 aromatic rings. The van der Waals surface area contributed by atoms with E-state index in [1.54, 1.807) is 24.0 Å². The van der Waals surface area contributed by atoms with Crippen LogP contribution in [-0.4, -0.2) is 42.4 Å². The van der Waals surface area contributed by atoms with Crippen molar-refractivity contribution in [1.82, 2.24) is 10.2 Å². The molecule has 0 aliphatic carbocycles. The van der Waals surface area contributed by atoms with Crippen LogP contribution in [0.2, 0.25) is 0 Å². The van der Waals surface area contributed by atoms with Crippen molar-refractivity contribution in [1.29, 1.82) is 0 Å². The summed E-state index contributed by atoms with van der Waals surface area (Å²) in [6.07, 6.45) is 0.973. The molecule has 0 radical (unpaired) electrons. The third-order valence-electron chi connectivity index (χ3n) is 3.80. The molecule has 2 rings (SSSR count). The summed E-state index contributed by atoms with van der Waals surface area (Å²) in [6, 6.07) is 4.66. The second kappa shape index (κ2) is 7.38. The number of nitro groups is 1. The van der Waals surface area contributed by atoms with Crippen molar-refractivity contribution >= 4 is 24.0 Å². The van der Waals surface area contributed by atoms with Crippen molar-refractivity contribution in [3.8, 4) is 0 Å². The predicted molar refractivity (Wildman–Crippen MR) is 83.0 cm³/mol. The summed E-state index contributed by atoms with van der Waals surface area (Å²) in [5, 5.41) is 14.0. The van der Waals surface area contributed by atoms with Gasteiger partial charge in [-0.25, -0.2) is 0 Å². The molecule has 21 heavy (non-hydrogen) atoms. The molecular formula is C14H20ClN3O3. The molecule has 1 unspecified atom stereocenters. The molecule has 6 nitrogen and oxygen atoms in total. The molecule has 0 saturated carbocycles. The van der Waals surface area contributed by atoms with Crippen LogP contribution in [0.5, 0.6) is 0 Å². The summed E-state index contributed by atoms with van der Waals surface area (Å²) in [7, 11) is 1.90. The highest BCUT2D eigenvalue weighted by atomic mass is 35.5. The molecule has 0 bridgehead atoms. The van der Waals surface area contributed by atoms with E-state index < -0.39 is 4.92 Å². The lowest BCUT2D eigenvalue weighted by atomic mass is 10.1. The maximum atomic E-state index is 12.5. The third-order valence-corrected chi connectivity index (χ3v) is 3.80. The molecular weight excluding hydrogens is 294 g/mol. The minimum atomic E-state index is -0.445. The van der Waals surface area contributed by atoms with Crippen molar-refractivity contribution < 1.29 is 9.72 Å². The van der Waals surface area contributed by atoms with E-state index in [0.29, 0.717) is 30.1 Å². The summed E-state index contributed by atoms with van der Waals surface area (Å²) in [5.74, 6) is 0.354. The van der Waals surface area contributed by atoms with Gasteiger partial charge in [-0.05, 0) is 38.9 Å². The van der Waals surface area contributed by atoms with E-state index in [4.69, 9.17) is 0 Å². The molecule has 0 spiro atoms. The van der Waals surface area contributed by atoms with Gasteiger partial charge in [-0.3, -0.25) is 14.9 Å². The van der Waals surface area contributed by atoms with E-state index in [-0.39, 0.29) is 24.0 Å². The van der Waals surface area contributed by atoms with Crippen LogP contribution < -0.4 is 5.32 Å². The average Bonchev–Trinajstić information content (AvgIpc) is 2.87. The van der Waals surface area contributed by atoms with Gasteiger partial charge in [-0.2, -0.15) is 0 Å². The summed E-state index contributed by atoms with van der Waals surface area (Å²) >= 11 is 0. The van der Waals surface area contributed by atoms with Crippen LogP contribution in [0, 0.1) is 23.0 Å². The molecule has 1 saturated heterocycles. The Bertz CT molecular complexity index is 536. The monoisotopic (exact) mass is 313 g/mol. The van der Waals surface area contributed by atoms with Gasteiger partial charge in [0.15, 0.2) is 0 Å². The van der Waals surface area contributed by atoms with Crippen LogP contribution in [0.25, 0.3) is 0 Å². The van der Waals surface area contributed by atoms with Crippen molar-refractivity contribution in [3.05, 3.63) is 39.4 Å². The summed E-state index contributed by atoms with van der Waals surface area (Å²) in [5.41, 5.74) is 0.880. The summed E-state index contributed by atoms with van der Waals surface area (Å²) < 4.78 is 0. The molecule has 1 heterocycles. The zero-order valence-corrected chi connectivity index (χ0v) is 13.0. The molecule has 7 heteroatoms.